The molecule has 0 saturated heterocycles. The lowest BCUT2D eigenvalue weighted by molar-refractivity contribution is 0.126. The van der Waals surface area contributed by atoms with E-state index in [1.807, 2.05) is 36.6 Å². The summed E-state index contributed by atoms with van der Waals surface area (Å²) in [6, 6.07) is 7.37. The van der Waals surface area contributed by atoms with Crippen LogP contribution in [0.4, 0.5) is 0 Å². The Bertz CT molecular complexity index is 1180. The van der Waals surface area contributed by atoms with Gasteiger partial charge in [-0.1, -0.05) is 35.0 Å². The predicted octanol–water partition coefficient (Wildman–Crippen LogP) is 2.89. The van der Waals surface area contributed by atoms with E-state index in [1.54, 1.807) is 23.1 Å². The third-order valence-electron chi connectivity index (χ3n) is 4.68. The van der Waals surface area contributed by atoms with Crippen LogP contribution in [0.2, 0.25) is 5.02 Å². The molecule has 4 aromatic rings. The van der Waals surface area contributed by atoms with Gasteiger partial charge in [0.05, 0.1) is 18.2 Å². The first-order chi connectivity index (χ1) is 13.6. The zero-order chi connectivity index (χ0) is 19.7. The largest absolute Gasteiger partial charge is 0.395 e. The fourth-order valence-corrected chi connectivity index (χ4v) is 3.36. The number of oxime groups is 1. The molecule has 3 aromatic heterocycles. The minimum absolute atomic E-state index is 0.0478. The van der Waals surface area contributed by atoms with Crippen molar-refractivity contribution < 1.29 is 9.94 Å². The Hall–Kier alpha value is -2.97. The van der Waals surface area contributed by atoms with Crippen LogP contribution in [0.3, 0.4) is 0 Å². The van der Waals surface area contributed by atoms with Crippen LogP contribution in [0, 0.1) is 13.8 Å². The van der Waals surface area contributed by atoms with E-state index in [-0.39, 0.29) is 13.2 Å². The summed E-state index contributed by atoms with van der Waals surface area (Å²) in [5.74, 6) is 0.498. The summed E-state index contributed by atoms with van der Waals surface area (Å²) in [6.45, 7) is 4.69. The highest BCUT2D eigenvalue weighted by Gasteiger charge is 2.17. The van der Waals surface area contributed by atoms with Gasteiger partial charge in [0.1, 0.15) is 12.0 Å². The first kappa shape index (κ1) is 18.4. The Kier molecular flexibility index (Phi) is 4.97. The van der Waals surface area contributed by atoms with Gasteiger partial charge in [-0.2, -0.15) is 0 Å². The normalized spacial score (nSPS) is 11.9. The van der Waals surface area contributed by atoms with E-state index in [9.17, 15) is 5.11 Å². The summed E-state index contributed by atoms with van der Waals surface area (Å²) in [5, 5.41) is 19.2. The van der Waals surface area contributed by atoms with Gasteiger partial charge in [0.25, 0.3) is 0 Å². The standard InChI is InChI=1S/C19H19ClN6O2/c1-12-13(2)25(7-8-27)18-17(12)19-23-16(24-26(19)11-21-18)10-28-22-9-14-5-3-4-6-15(14)20/h3-6,9,11,27H,7-8,10H2,1-2H3/b22-9-. The maximum atomic E-state index is 9.33. The number of hydrogen-bond donors (Lipinski definition) is 1. The molecular weight excluding hydrogens is 380 g/mol. The van der Waals surface area contributed by atoms with Crippen molar-refractivity contribution in [3.8, 4) is 0 Å². The van der Waals surface area contributed by atoms with Crippen molar-refractivity contribution in [1.29, 1.82) is 0 Å². The van der Waals surface area contributed by atoms with Crippen molar-refractivity contribution in [3.63, 3.8) is 0 Å². The lowest BCUT2D eigenvalue weighted by Gasteiger charge is -2.04. The molecule has 0 amide bonds. The Morgan fingerprint density at radius 1 is 1.25 bits per heavy atom. The minimum atomic E-state index is 0.0478. The van der Waals surface area contributed by atoms with Crippen LogP contribution in [0.5, 0.6) is 0 Å². The molecule has 28 heavy (non-hydrogen) atoms. The summed E-state index contributed by atoms with van der Waals surface area (Å²) < 4.78 is 3.62. The van der Waals surface area contributed by atoms with Gasteiger partial charge in [-0.25, -0.2) is 14.5 Å². The predicted molar refractivity (Wildman–Crippen MR) is 107 cm³/mol. The second-order valence-electron chi connectivity index (χ2n) is 6.35. The molecule has 9 heteroatoms. The molecule has 0 spiro atoms. The van der Waals surface area contributed by atoms with Crippen LogP contribution in [0.1, 0.15) is 22.6 Å². The number of halogens is 1. The number of aryl methyl sites for hydroxylation is 1. The van der Waals surface area contributed by atoms with Gasteiger partial charge < -0.3 is 14.5 Å². The summed E-state index contributed by atoms with van der Waals surface area (Å²) >= 11 is 6.08. The van der Waals surface area contributed by atoms with E-state index < -0.39 is 0 Å². The molecule has 0 aliphatic heterocycles. The molecule has 0 aliphatic carbocycles. The Morgan fingerprint density at radius 2 is 2.07 bits per heavy atom. The number of aromatic nitrogens is 5. The Morgan fingerprint density at radius 3 is 2.86 bits per heavy atom. The Labute approximate surface area is 166 Å². The van der Waals surface area contributed by atoms with Crippen molar-refractivity contribution in [2.24, 2.45) is 5.16 Å². The molecule has 0 bridgehead atoms. The maximum Gasteiger partial charge on any atom is 0.192 e. The average Bonchev–Trinajstić information content (AvgIpc) is 3.21. The van der Waals surface area contributed by atoms with Crippen molar-refractivity contribution in [3.05, 3.63) is 58.3 Å². The van der Waals surface area contributed by atoms with Gasteiger partial charge >= 0.3 is 0 Å². The van der Waals surface area contributed by atoms with Gasteiger partial charge in [0.15, 0.2) is 18.1 Å². The summed E-state index contributed by atoms with van der Waals surface area (Å²) in [4.78, 5) is 14.4. The van der Waals surface area contributed by atoms with E-state index in [4.69, 9.17) is 16.4 Å². The summed E-state index contributed by atoms with van der Waals surface area (Å²) in [7, 11) is 0. The van der Waals surface area contributed by atoms with E-state index in [2.05, 4.69) is 20.2 Å². The number of benzene rings is 1. The number of nitrogens with zero attached hydrogens (tertiary/aromatic N) is 6. The molecule has 0 atom stereocenters. The van der Waals surface area contributed by atoms with E-state index in [1.165, 1.54) is 0 Å². The fraction of sp³-hybridized carbons (Fsp3) is 0.263. The van der Waals surface area contributed by atoms with Crippen LogP contribution in [-0.2, 0) is 18.0 Å². The van der Waals surface area contributed by atoms with Gasteiger partial charge in [0.2, 0.25) is 0 Å². The average molecular weight is 399 g/mol. The third kappa shape index (κ3) is 3.21. The SMILES string of the molecule is Cc1c(C)n(CCO)c2ncn3nc(CO/N=C\c4ccccc4Cl)nc3c12. The first-order valence-electron chi connectivity index (χ1n) is 8.80. The highest BCUT2D eigenvalue weighted by Crippen LogP contribution is 2.26. The molecule has 0 radical (unpaired) electrons. The maximum absolute atomic E-state index is 9.33. The molecular formula is C19H19ClN6O2. The van der Waals surface area contributed by atoms with Gasteiger partial charge in [-0.05, 0) is 25.5 Å². The van der Waals surface area contributed by atoms with Crippen molar-refractivity contribution >= 4 is 34.5 Å². The zero-order valence-electron chi connectivity index (χ0n) is 15.5. The summed E-state index contributed by atoms with van der Waals surface area (Å²) in [5.41, 5.74) is 4.38. The fourth-order valence-electron chi connectivity index (χ4n) is 3.18. The monoisotopic (exact) mass is 398 g/mol. The van der Waals surface area contributed by atoms with Gasteiger partial charge in [0, 0.05) is 22.8 Å². The van der Waals surface area contributed by atoms with Crippen LogP contribution < -0.4 is 0 Å². The van der Waals surface area contributed by atoms with Crippen LogP contribution in [0.15, 0.2) is 35.7 Å². The smallest absolute Gasteiger partial charge is 0.192 e. The number of hydrogen-bond acceptors (Lipinski definition) is 6. The Balaban J connectivity index is 1.60. The molecule has 144 valence electrons. The molecule has 1 aromatic carbocycles. The number of aliphatic hydroxyl groups is 1. The highest BCUT2D eigenvalue weighted by molar-refractivity contribution is 6.33. The summed E-state index contributed by atoms with van der Waals surface area (Å²) in [6.07, 6.45) is 3.17. The highest BCUT2D eigenvalue weighted by atomic mass is 35.5. The van der Waals surface area contributed by atoms with E-state index >= 15 is 0 Å². The number of rotatable bonds is 6. The third-order valence-corrected chi connectivity index (χ3v) is 5.02. The second kappa shape index (κ2) is 7.57. The van der Waals surface area contributed by atoms with Crippen molar-refractivity contribution in [2.75, 3.05) is 6.61 Å². The molecule has 1 N–H and O–H groups in total. The van der Waals surface area contributed by atoms with Gasteiger partial charge in [-0.15, -0.1) is 5.10 Å². The van der Waals surface area contributed by atoms with Crippen molar-refractivity contribution in [2.45, 2.75) is 27.0 Å². The minimum Gasteiger partial charge on any atom is -0.395 e. The lowest BCUT2D eigenvalue weighted by atomic mass is 10.2. The van der Waals surface area contributed by atoms with Crippen molar-refractivity contribution in [1.82, 2.24) is 24.1 Å². The molecule has 0 fully saturated rings. The second-order valence-corrected chi connectivity index (χ2v) is 6.76. The molecule has 8 nitrogen and oxygen atoms in total. The van der Waals surface area contributed by atoms with E-state index in [0.29, 0.717) is 23.0 Å². The molecule has 0 unspecified atom stereocenters. The van der Waals surface area contributed by atoms with Crippen LogP contribution in [0.25, 0.3) is 16.7 Å². The molecule has 0 aliphatic rings. The van der Waals surface area contributed by atoms with Gasteiger partial charge in [-0.3, -0.25) is 0 Å². The quantitative estimate of drug-likeness (QED) is 0.398. The topological polar surface area (TPSA) is 89.8 Å². The number of fused-ring (bicyclic) bond motifs is 3. The van der Waals surface area contributed by atoms with E-state index in [0.717, 1.165) is 27.9 Å². The molecule has 3 heterocycles. The van der Waals surface area contributed by atoms with Crippen LogP contribution >= 0.6 is 11.6 Å². The lowest BCUT2D eigenvalue weighted by Crippen LogP contribution is -2.05. The van der Waals surface area contributed by atoms with Crippen LogP contribution in [-0.4, -0.2) is 42.1 Å². The molecule has 0 saturated carbocycles. The molecule has 4 rings (SSSR count). The number of aliphatic hydroxyl groups excluding tert-OH is 1. The zero-order valence-corrected chi connectivity index (χ0v) is 16.3. The first-order valence-corrected chi connectivity index (χ1v) is 9.18.